The van der Waals surface area contributed by atoms with Crippen molar-refractivity contribution in [2.24, 2.45) is 7.05 Å². The highest BCUT2D eigenvalue weighted by molar-refractivity contribution is 5.80. The van der Waals surface area contributed by atoms with Crippen LogP contribution < -0.4 is 0 Å². The van der Waals surface area contributed by atoms with Gasteiger partial charge in [-0.1, -0.05) is 0 Å². The summed E-state index contributed by atoms with van der Waals surface area (Å²) in [4.78, 5) is 4.03. The lowest BCUT2D eigenvalue weighted by molar-refractivity contribution is 0.783. The number of nitrogens with zero attached hydrogens (tertiary/aromatic N) is 3. The predicted molar refractivity (Wildman–Crippen MR) is 43.2 cm³/mol. The molecular formula is C8H9N3. The summed E-state index contributed by atoms with van der Waals surface area (Å²) in [5, 5.41) is 5.40. The van der Waals surface area contributed by atoms with Crippen LogP contribution >= 0.6 is 0 Å². The van der Waals surface area contributed by atoms with Crippen LogP contribution in [0.2, 0.25) is 0 Å². The second kappa shape index (κ2) is 2.05. The van der Waals surface area contributed by atoms with Crippen molar-refractivity contribution in [3.8, 4) is 0 Å². The van der Waals surface area contributed by atoms with Crippen molar-refractivity contribution in [1.82, 2.24) is 14.8 Å². The van der Waals surface area contributed by atoms with Crippen LogP contribution in [0.1, 0.15) is 5.69 Å². The van der Waals surface area contributed by atoms with Crippen LogP contribution in [-0.2, 0) is 7.05 Å². The van der Waals surface area contributed by atoms with Crippen LogP contribution in [0.25, 0.3) is 10.9 Å². The Morgan fingerprint density at radius 2 is 2.27 bits per heavy atom. The minimum atomic E-state index is 1.04. The zero-order chi connectivity index (χ0) is 7.84. The summed E-state index contributed by atoms with van der Waals surface area (Å²) in [5.74, 6) is 0. The van der Waals surface area contributed by atoms with E-state index in [0.29, 0.717) is 0 Å². The van der Waals surface area contributed by atoms with Crippen molar-refractivity contribution >= 4 is 10.9 Å². The second-order valence-electron chi connectivity index (χ2n) is 2.60. The highest BCUT2D eigenvalue weighted by Gasteiger charge is 2.01. The molecule has 2 aromatic heterocycles. The Balaban J connectivity index is 2.95. The van der Waals surface area contributed by atoms with Gasteiger partial charge in [0.1, 0.15) is 0 Å². The molecule has 0 amide bonds. The smallest absolute Gasteiger partial charge is 0.0712 e. The highest BCUT2D eigenvalue weighted by Crippen LogP contribution is 2.14. The summed E-state index contributed by atoms with van der Waals surface area (Å²) in [6.45, 7) is 1.99. The molecule has 56 valence electrons. The fourth-order valence-corrected chi connectivity index (χ4v) is 1.28. The first-order valence-corrected chi connectivity index (χ1v) is 3.52. The number of hydrogen-bond donors (Lipinski definition) is 0. The molecule has 3 heteroatoms. The zero-order valence-electron chi connectivity index (χ0n) is 6.57. The standard InChI is InChI=1S/C8H9N3/c1-6-7-5-9-4-3-8(7)11(2)10-6/h3-5H,1-2H3. The van der Waals surface area contributed by atoms with Gasteiger partial charge >= 0.3 is 0 Å². The first-order chi connectivity index (χ1) is 5.29. The molecule has 2 aromatic rings. The normalized spacial score (nSPS) is 10.7. The number of hydrogen-bond acceptors (Lipinski definition) is 2. The molecule has 0 aliphatic rings. The van der Waals surface area contributed by atoms with Gasteiger partial charge in [-0.25, -0.2) is 0 Å². The van der Waals surface area contributed by atoms with Crippen molar-refractivity contribution in [3.05, 3.63) is 24.2 Å². The Morgan fingerprint density at radius 1 is 1.45 bits per heavy atom. The van der Waals surface area contributed by atoms with Crippen LogP contribution in [-0.4, -0.2) is 14.8 Å². The van der Waals surface area contributed by atoms with Gasteiger partial charge in [0.25, 0.3) is 0 Å². The largest absolute Gasteiger partial charge is 0.268 e. The van der Waals surface area contributed by atoms with E-state index in [1.165, 1.54) is 0 Å². The molecule has 3 nitrogen and oxygen atoms in total. The van der Waals surface area contributed by atoms with E-state index in [0.717, 1.165) is 16.6 Å². The first kappa shape index (κ1) is 6.34. The Labute approximate surface area is 64.7 Å². The van der Waals surface area contributed by atoms with Gasteiger partial charge in [-0.3, -0.25) is 9.67 Å². The van der Waals surface area contributed by atoms with Crippen molar-refractivity contribution in [1.29, 1.82) is 0 Å². The van der Waals surface area contributed by atoms with E-state index in [1.807, 2.05) is 30.9 Å². The molecule has 0 atom stereocenters. The fourth-order valence-electron chi connectivity index (χ4n) is 1.28. The zero-order valence-corrected chi connectivity index (χ0v) is 6.57. The van der Waals surface area contributed by atoms with E-state index < -0.39 is 0 Å². The molecule has 0 fully saturated rings. The van der Waals surface area contributed by atoms with Crippen molar-refractivity contribution < 1.29 is 0 Å². The third kappa shape index (κ3) is 0.808. The van der Waals surface area contributed by atoms with Crippen molar-refractivity contribution in [2.75, 3.05) is 0 Å². The lowest BCUT2D eigenvalue weighted by atomic mass is 10.3. The Kier molecular flexibility index (Phi) is 1.18. The van der Waals surface area contributed by atoms with E-state index in [4.69, 9.17) is 0 Å². The summed E-state index contributed by atoms with van der Waals surface area (Å²) in [7, 11) is 1.94. The van der Waals surface area contributed by atoms with Crippen LogP contribution in [0.3, 0.4) is 0 Å². The Morgan fingerprint density at radius 3 is 3.00 bits per heavy atom. The maximum atomic E-state index is 4.27. The van der Waals surface area contributed by atoms with E-state index in [9.17, 15) is 0 Å². The van der Waals surface area contributed by atoms with Crippen LogP contribution in [0.5, 0.6) is 0 Å². The van der Waals surface area contributed by atoms with Gasteiger partial charge in [0.2, 0.25) is 0 Å². The van der Waals surface area contributed by atoms with Gasteiger partial charge in [-0.05, 0) is 13.0 Å². The van der Waals surface area contributed by atoms with Gasteiger partial charge in [-0.2, -0.15) is 5.10 Å². The minimum Gasteiger partial charge on any atom is -0.268 e. The SMILES string of the molecule is Cc1nn(C)c2ccncc12. The lowest BCUT2D eigenvalue weighted by Crippen LogP contribution is -1.88. The monoisotopic (exact) mass is 147 g/mol. The molecule has 0 N–H and O–H groups in total. The van der Waals surface area contributed by atoms with Gasteiger partial charge in [0, 0.05) is 24.8 Å². The van der Waals surface area contributed by atoms with Crippen LogP contribution in [0, 0.1) is 6.92 Å². The first-order valence-electron chi connectivity index (χ1n) is 3.52. The molecule has 0 radical (unpaired) electrons. The molecule has 0 aliphatic carbocycles. The highest BCUT2D eigenvalue weighted by atomic mass is 15.3. The maximum absolute atomic E-state index is 4.27. The quantitative estimate of drug-likeness (QED) is 0.562. The summed E-state index contributed by atoms with van der Waals surface area (Å²) in [6, 6.07) is 1.97. The van der Waals surface area contributed by atoms with Gasteiger partial charge in [-0.15, -0.1) is 0 Å². The number of rotatable bonds is 0. The third-order valence-corrected chi connectivity index (χ3v) is 1.84. The van der Waals surface area contributed by atoms with Crippen molar-refractivity contribution in [3.63, 3.8) is 0 Å². The summed E-state index contributed by atoms with van der Waals surface area (Å²) >= 11 is 0. The molecular weight excluding hydrogens is 138 g/mol. The molecule has 0 unspecified atom stereocenters. The van der Waals surface area contributed by atoms with Crippen LogP contribution in [0.15, 0.2) is 18.5 Å². The fraction of sp³-hybridized carbons (Fsp3) is 0.250. The molecule has 2 rings (SSSR count). The molecule has 0 aromatic carbocycles. The summed E-state index contributed by atoms with van der Waals surface area (Å²) < 4.78 is 1.87. The molecule has 0 bridgehead atoms. The topological polar surface area (TPSA) is 30.7 Å². The van der Waals surface area contributed by atoms with Gasteiger partial charge < -0.3 is 0 Å². The average molecular weight is 147 g/mol. The van der Waals surface area contributed by atoms with E-state index in [1.54, 1.807) is 6.20 Å². The Hall–Kier alpha value is -1.38. The summed E-state index contributed by atoms with van der Waals surface area (Å²) in [6.07, 6.45) is 3.63. The molecule has 11 heavy (non-hydrogen) atoms. The minimum absolute atomic E-state index is 1.04. The third-order valence-electron chi connectivity index (χ3n) is 1.84. The van der Waals surface area contributed by atoms with Gasteiger partial charge in [0.15, 0.2) is 0 Å². The Bertz CT molecular complexity index is 353. The average Bonchev–Trinajstić information content (AvgIpc) is 2.30. The van der Waals surface area contributed by atoms with E-state index >= 15 is 0 Å². The van der Waals surface area contributed by atoms with E-state index in [-0.39, 0.29) is 0 Å². The molecule has 0 saturated heterocycles. The van der Waals surface area contributed by atoms with Gasteiger partial charge in [0.05, 0.1) is 11.2 Å². The predicted octanol–water partition coefficient (Wildman–Crippen LogP) is 1.28. The number of aromatic nitrogens is 3. The van der Waals surface area contributed by atoms with Crippen molar-refractivity contribution in [2.45, 2.75) is 6.92 Å². The summed E-state index contributed by atoms with van der Waals surface area (Å²) in [5.41, 5.74) is 2.17. The molecule has 0 spiro atoms. The maximum Gasteiger partial charge on any atom is 0.0712 e. The second-order valence-corrected chi connectivity index (χ2v) is 2.60. The number of fused-ring (bicyclic) bond motifs is 1. The van der Waals surface area contributed by atoms with Crippen LogP contribution in [0.4, 0.5) is 0 Å². The molecule has 0 saturated carbocycles. The lowest BCUT2D eigenvalue weighted by Gasteiger charge is -1.89. The van der Waals surface area contributed by atoms with E-state index in [2.05, 4.69) is 10.1 Å². The molecule has 0 aliphatic heterocycles. The molecule has 2 heterocycles. The number of aryl methyl sites for hydroxylation is 2. The number of pyridine rings is 1.